The van der Waals surface area contributed by atoms with Crippen LogP contribution in [0.4, 0.5) is 0 Å². The van der Waals surface area contributed by atoms with Crippen LogP contribution >= 0.6 is 0 Å². The van der Waals surface area contributed by atoms with E-state index in [4.69, 9.17) is 13.9 Å². The maximum Gasteiger partial charge on any atom is 0.267 e. The van der Waals surface area contributed by atoms with Gasteiger partial charge in [-0.05, 0) is 44.4 Å². The molecule has 2 rings (SSSR count). The Morgan fingerprint density at radius 1 is 1.14 bits per heavy atom. The number of hydrogen-bond donors (Lipinski definition) is 2. The second-order valence-corrected chi connectivity index (χ2v) is 6.16. The molecule has 1 aromatic heterocycles. The molecule has 0 atom stereocenters. The van der Waals surface area contributed by atoms with Crippen molar-refractivity contribution in [2.24, 2.45) is 0 Å². The Morgan fingerprint density at radius 3 is 2.50 bits per heavy atom. The number of nitrogens with one attached hydrogen (secondary N) is 2. The predicted molar refractivity (Wildman–Crippen MR) is 105 cm³/mol. The number of carbonyl (C=O) groups is 2. The Balaban J connectivity index is 2.19. The van der Waals surface area contributed by atoms with E-state index < -0.39 is 11.8 Å². The van der Waals surface area contributed by atoms with Gasteiger partial charge in [0.2, 0.25) is 0 Å². The van der Waals surface area contributed by atoms with E-state index >= 15 is 0 Å². The number of amides is 2. The van der Waals surface area contributed by atoms with Gasteiger partial charge < -0.3 is 29.4 Å². The van der Waals surface area contributed by atoms with Gasteiger partial charge in [0.15, 0.2) is 11.5 Å². The summed E-state index contributed by atoms with van der Waals surface area (Å²) in [6, 6.07) is 8.15. The molecule has 0 unspecified atom stereocenters. The molecular formula is C20H25N3O5. The second-order valence-electron chi connectivity index (χ2n) is 6.16. The molecule has 0 saturated heterocycles. The molecule has 28 heavy (non-hydrogen) atoms. The first-order chi connectivity index (χ1) is 13.4. The lowest BCUT2D eigenvalue weighted by atomic mass is 10.1. The fraction of sp³-hybridized carbons (Fsp3) is 0.300. The van der Waals surface area contributed by atoms with Crippen molar-refractivity contribution in [2.45, 2.75) is 0 Å². The molecule has 0 spiro atoms. The number of benzene rings is 1. The summed E-state index contributed by atoms with van der Waals surface area (Å²) in [4.78, 5) is 27.2. The highest BCUT2D eigenvalue weighted by Gasteiger charge is 2.17. The lowest BCUT2D eigenvalue weighted by Gasteiger charge is -2.14. The smallest absolute Gasteiger partial charge is 0.267 e. The summed E-state index contributed by atoms with van der Waals surface area (Å²) in [5, 5.41) is 5.41. The van der Waals surface area contributed by atoms with E-state index in [1.165, 1.54) is 26.6 Å². The molecule has 1 aromatic carbocycles. The van der Waals surface area contributed by atoms with Crippen LogP contribution in [-0.2, 0) is 4.79 Å². The zero-order valence-electron chi connectivity index (χ0n) is 16.4. The number of furan rings is 1. The van der Waals surface area contributed by atoms with Crippen LogP contribution in [0.1, 0.15) is 16.1 Å². The van der Waals surface area contributed by atoms with Gasteiger partial charge >= 0.3 is 0 Å². The van der Waals surface area contributed by atoms with Crippen LogP contribution in [0, 0.1) is 0 Å². The third-order valence-corrected chi connectivity index (χ3v) is 3.81. The summed E-state index contributed by atoms with van der Waals surface area (Å²) in [7, 11) is 6.81. The molecule has 0 radical (unpaired) electrons. The Hall–Kier alpha value is -3.26. The lowest BCUT2D eigenvalue weighted by Crippen LogP contribution is -2.37. The zero-order chi connectivity index (χ0) is 20.5. The molecule has 0 saturated carbocycles. The molecule has 0 fully saturated rings. The predicted octanol–water partition coefficient (Wildman–Crippen LogP) is 1.75. The number of likely N-dealkylation sites (N-methyl/N-ethyl adjacent to an activating group) is 1. The maximum absolute atomic E-state index is 12.7. The monoisotopic (exact) mass is 387 g/mol. The first kappa shape index (κ1) is 21.0. The highest BCUT2D eigenvalue weighted by molar-refractivity contribution is 6.05. The van der Waals surface area contributed by atoms with Crippen molar-refractivity contribution in [3.05, 3.63) is 53.6 Å². The average molecular weight is 387 g/mol. The normalized spacial score (nSPS) is 11.2. The van der Waals surface area contributed by atoms with Crippen LogP contribution < -0.4 is 20.1 Å². The summed E-state index contributed by atoms with van der Waals surface area (Å²) in [5.41, 5.74) is 0.401. The first-order valence-corrected chi connectivity index (χ1v) is 8.66. The minimum atomic E-state index is -0.457. The van der Waals surface area contributed by atoms with E-state index in [1.54, 1.807) is 30.3 Å². The van der Waals surface area contributed by atoms with E-state index in [-0.39, 0.29) is 5.70 Å². The molecule has 0 bridgehead atoms. The van der Waals surface area contributed by atoms with Crippen LogP contribution in [0.15, 0.2) is 46.7 Å². The lowest BCUT2D eigenvalue weighted by molar-refractivity contribution is -0.117. The van der Waals surface area contributed by atoms with Gasteiger partial charge in [-0.15, -0.1) is 0 Å². The van der Waals surface area contributed by atoms with Gasteiger partial charge in [-0.2, -0.15) is 0 Å². The van der Waals surface area contributed by atoms with Gasteiger partial charge in [0.1, 0.15) is 11.5 Å². The van der Waals surface area contributed by atoms with Crippen molar-refractivity contribution in [3.63, 3.8) is 0 Å². The van der Waals surface area contributed by atoms with E-state index in [9.17, 15) is 9.59 Å². The topological polar surface area (TPSA) is 93.0 Å². The number of methoxy groups -OCH3 is 2. The third-order valence-electron chi connectivity index (χ3n) is 3.81. The molecule has 0 aliphatic carbocycles. The van der Waals surface area contributed by atoms with Gasteiger partial charge in [0.25, 0.3) is 11.8 Å². The van der Waals surface area contributed by atoms with Gasteiger partial charge in [0, 0.05) is 24.7 Å². The highest BCUT2D eigenvalue weighted by atomic mass is 16.5. The Morgan fingerprint density at radius 2 is 1.89 bits per heavy atom. The van der Waals surface area contributed by atoms with Gasteiger partial charge in [-0.25, -0.2) is 0 Å². The van der Waals surface area contributed by atoms with Crippen LogP contribution in [0.2, 0.25) is 0 Å². The fourth-order valence-corrected chi connectivity index (χ4v) is 2.33. The van der Waals surface area contributed by atoms with Gasteiger partial charge in [-0.1, -0.05) is 0 Å². The number of rotatable bonds is 9. The Labute approximate surface area is 164 Å². The molecule has 0 aliphatic heterocycles. The van der Waals surface area contributed by atoms with Crippen molar-refractivity contribution >= 4 is 17.9 Å². The molecular weight excluding hydrogens is 362 g/mol. The van der Waals surface area contributed by atoms with Gasteiger partial charge in [-0.3, -0.25) is 9.59 Å². The molecule has 8 heteroatoms. The zero-order valence-corrected chi connectivity index (χ0v) is 16.4. The van der Waals surface area contributed by atoms with Crippen molar-refractivity contribution < 1.29 is 23.5 Å². The molecule has 2 amide bonds. The Bertz CT molecular complexity index is 828. The number of carbonyl (C=O) groups excluding carboxylic acids is 2. The SMILES string of the molecule is COc1ccc(C(=O)N/C(=C\c2ccco2)C(=O)NCCN(C)C)cc1OC. The minimum absolute atomic E-state index is 0.0773. The van der Waals surface area contributed by atoms with E-state index in [0.717, 1.165) is 0 Å². The number of hydrogen-bond acceptors (Lipinski definition) is 6. The van der Waals surface area contributed by atoms with Gasteiger partial charge in [0.05, 0.1) is 20.5 Å². The number of nitrogens with zero attached hydrogens (tertiary/aromatic N) is 1. The molecule has 8 nitrogen and oxygen atoms in total. The number of ether oxygens (including phenoxy) is 2. The maximum atomic E-state index is 12.7. The highest BCUT2D eigenvalue weighted by Crippen LogP contribution is 2.27. The molecule has 150 valence electrons. The average Bonchev–Trinajstić information content (AvgIpc) is 3.19. The van der Waals surface area contributed by atoms with Crippen molar-refractivity contribution in [1.82, 2.24) is 15.5 Å². The van der Waals surface area contributed by atoms with E-state index in [0.29, 0.717) is 35.9 Å². The molecule has 0 aliphatic rings. The summed E-state index contributed by atoms with van der Waals surface area (Å²) < 4.78 is 15.7. The van der Waals surface area contributed by atoms with Crippen molar-refractivity contribution in [1.29, 1.82) is 0 Å². The minimum Gasteiger partial charge on any atom is -0.493 e. The standard InChI is InChI=1S/C20H25N3O5/c1-23(2)10-9-21-20(25)16(13-15-6-5-11-28-15)22-19(24)14-7-8-17(26-3)18(12-14)27-4/h5-8,11-13H,9-10H2,1-4H3,(H,21,25)(H,22,24)/b16-13-. The first-order valence-electron chi connectivity index (χ1n) is 8.66. The van der Waals surface area contributed by atoms with Crippen molar-refractivity contribution in [2.75, 3.05) is 41.4 Å². The largest absolute Gasteiger partial charge is 0.493 e. The fourth-order valence-electron chi connectivity index (χ4n) is 2.33. The van der Waals surface area contributed by atoms with Crippen molar-refractivity contribution in [3.8, 4) is 11.5 Å². The summed E-state index contributed by atoms with van der Waals surface area (Å²) >= 11 is 0. The summed E-state index contributed by atoms with van der Waals surface area (Å²) in [5.74, 6) is 0.507. The molecule has 2 aromatic rings. The van der Waals surface area contributed by atoms with Crippen LogP contribution in [-0.4, -0.2) is 58.1 Å². The van der Waals surface area contributed by atoms with E-state index in [2.05, 4.69) is 10.6 Å². The van der Waals surface area contributed by atoms with Crippen LogP contribution in [0.25, 0.3) is 6.08 Å². The van der Waals surface area contributed by atoms with E-state index in [1.807, 2.05) is 19.0 Å². The summed E-state index contributed by atoms with van der Waals surface area (Å²) in [6.07, 6.45) is 2.97. The van der Waals surface area contributed by atoms with Crippen LogP contribution in [0.5, 0.6) is 11.5 Å². The molecule has 1 heterocycles. The quantitative estimate of drug-likeness (QED) is 0.637. The Kier molecular flexibility index (Phi) is 7.65. The van der Waals surface area contributed by atoms with Crippen LogP contribution in [0.3, 0.4) is 0 Å². The summed E-state index contributed by atoms with van der Waals surface area (Å²) in [6.45, 7) is 1.11. The third kappa shape index (κ3) is 5.88. The molecule has 2 N–H and O–H groups in total. The second kappa shape index (κ2) is 10.2.